The number of hydrogen-bond donors (Lipinski definition) is 0. The molecule has 0 heterocycles. The van der Waals surface area contributed by atoms with Crippen molar-refractivity contribution in [2.24, 2.45) is 0 Å². The summed E-state index contributed by atoms with van der Waals surface area (Å²) in [5.74, 6) is 0. The predicted molar refractivity (Wildman–Crippen MR) is 47.1 cm³/mol. The first-order valence-electron chi connectivity index (χ1n) is 3.77. The van der Waals surface area contributed by atoms with Crippen molar-refractivity contribution < 1.29 is 9.68 Å². The second-order valence-electron chi connectivity index (χ2n) is 2.46. The second kappa shape index (κ2) is 4.58. The monoisotopic (exact) mass is 189 g/mol. The van der Waals surface area contributed by atoms with Gasteiger partial charge in [-0.3, -0.25) is 9.68 Å². The fraction of sp³-hybridized carbons (Fsp3) is 0.111. The molecule has 0 N–H and O–H groups in total. The molecule has 0 radical (unpaired) electrons. The van der Waals surface area contributed by atoms with Crippen LogP contribution in [0.15, 0.2) is 24.3 Å². The van der Waals surface area contributed by atoms with Gasteiger partial charge >= 0.3 is 12.5 Å². The Hall–Kier alpha value is -2.40. The molecule has 0 saturated carbocycles. The lowest BCUT2D eigenvalue weighted by molar-refractivity contribution is 0.0209. The molecule has 14 heavy (non-hydrogen) atoms. The van der Waals surface area contributed by atoms with E-state index in [2.05, 4.69) is 9.68 Å². The molecule has 0 amide bonds. The van der Waals surface area contributed by atoms with Gasteiger partial charge in [0.2, 0.25) is 0 Å². The van der Waals surface area contributed by atoms with Crippen LogP contribution in [0.25, 0.3) is 0 Å². The summed E-state index contributed by atoms with van der Waals surface area (Å²) in [6.07, 6.45) is 2.83. The van der Waals surface area contributed by atoms with Crippen LogP contribution in [0.1, 0.15) is 5.56 Å². The SMILES string of the molecule is Cc1ccc(N(OC#N)OC#N)cc1. The third kappa shape index (κ3) is 2.29. The maximum atomic E-state index is 8.28. The van der Waals surface area contributed by atoms with E-state index in [1.54, 1.807) is 12.1 Å². The third-order valence-electron chi connectivity index (χ3n) is 1.49. The fourth-order valence-electron chi connectivity index (χ4n) is 0.865. The lowest BCUT2D eigenvalue weighted by atomic mass is 10.2. The van der Waals surface area contributed by atoms with Crippen LogP contribution >= 0.6 is 0 Å². The topological polar surface area (TPSA) is 69.3 Å². The minimum atomic E-state index is 0.471. The van der Waals surface area contributed by atoms with Gasteiger partial charge in [-0.1, -0.05) is 17.7 Å². The highest BCUT2D eigenvalue weighted by atomic mass is 16.9. The van der Waals surface area contributed by atoms with Crippen molar-refractivity contribution in [3.05, 3.63) is 29.8 Å². The molecule has 1 aromatic carbocycles. The van der Waals surface area contributed by atoms with Gasteiger partial charge in [0.1, 0.15) is 5.69 Å². The standard InChI is InChI=1S/C9H7N3O2/c1-8-2-4-9(5-3-8)12(13-6-10)14-7-11/h2-5H,1H3. The summed E-state index contributed by atoms with van der Waals surface area (Å²) in [6.45, 7) is 1.92. The van der Waals surface area contributed by atoms with Gasteiger partial charge in [0, 0.05) is 0 Å². The number of nitriles is 2. The van der Waals surface area contributed by atoms with Crippen LogP contribution < -0.4 is 5.23 Å². The minimum absolute atomic E-state index is 0.471. The Morgan fingerprint density at radius 3 is 2.00 bits per heavy atom. The summed E-state index contributed by atoms with van der Waals surface area (Å²) < 4.78 is 0. The van der Waals surface area contributed by atoms with E-state index in [1.165, 1.54) is 12.5 Å². The van der Waals surface area contributed by atoms with Crippen LogP contribution in [0, 0.1) is 30.0 Å². The third-order valence-corrected chi connectivity index (χ3v) is 1.49. The van der Waals surface area contributed by atoms with Gasteiger partial charge in [-0.25, -0.2) is 0 Å². The summed E-state index contributed by atoms with van der Waals surface area (Å²) in [4.78, 5) is 8.80. The molecule has 5 heteroatoms. The van der Waals surface area contributed by atoms with Gasteiger partial charge in [-0.2, -0.15) is 0 Å². The molecule has 0 aliphatic rings. The maximum absolute atomic E-state index is 8.28. The van der Waals surface area contributed by atoms with Crippen LogP contribution in [0.2, 0.25) is 0 Å². The average Bonchev–Trinajstić information content (AvgIpc) is 2.19. The highest BCUT2D eigenvalue weighted by Gasteiger charge is 2.07. The van der Waals surface area contributed by atoms with E-state index in [0.29, 0.717) is 5.69 Å². The Bertz CT molecular complexity index is 359. The van der Waals surface area contributed by atoms with E-state index >= 15 is 0 Å². The zero-order chi connectivity index (χ0) is 10.4. The van der Waals surface area contributed by atoms with Gasteiger partial charge in [0.15, 0.2) is 0 Å². The zero-order valence-corrected chi connectivity index (χ0v) is 7.47. The molecule has 70 valence electrons. The van der Waals surface area contributed by atoms with Gasteiger partial charge in [0.25, 0.3) is 0 Å². The Morgan fingerprint density at radius 2 is 1.57 bits per heavy atom. The maximum Gasteiger partial charge on any atom is 0.318 e. The molecule has 0 saturated heterocycles. The normalized spacial score (nSPS) is 8.21. The summed E-state index contributed by atoms with van der Waals surface area (Å²) >= 11 is 0. The van der Waals surface area contributed by atoms with Crippen molar-refractivity contribution in [1.82, 2.24) is 0 Å². The number of anilines is 1. The molecule has 0 aliphatic heterocycles. The van der Waals surface area contributed by atoms with Crippen LogP contribution in [0.4, 0.5) is 5.69 Å². The summed E-state index contributed by atoms with van der Waals surface area (Å²) in [7, 11) is 0. The fourth-order valence-corrected chi connectivity index (χ4v) is 0.865. The first-order valence-corrected chi connectivity index (χ1v) is 3.77. The number of hydrogen-bond acceptors (Lipinski definition) is 5. The van der Waals surface area contributed by atoms with Crippen molar-refractivity contribution in [3.63, 3.8) is 0 Å². The largest absolute Gasteiger partial charge is 0.318 e. The van der Waals surface area contributed by atoms with Crippen molar-refractivity contribution in [2.75, 3.05) is 5.23 Å². The number of nitrogens with zero attached hydrogens (tertiary/aromatic N) is 3. The van der Waals surface area contributed by atoms with Crippen molar-refractivity contribution in [2.45, 2.75) is 6.92 Å². The highest BCUT2D eigenvalue weighted by Crippen LogP contribution is 2.15. The molecule has 1 aromatic rings. The van der Waals surface area contributed by atoms with E-state index in [-0.39, 0.29) is 0 Å². The van der Waals surface area contributed by atoms with Gasteiger partial charge in [-0.05, 0) is 24.3 Å². The van der Waals surface area contributed by atoms with E-state index in [4.69, 9.17) is 10.5 Å². The lowest BCUT2D eigenvalue weighted by Gasteiger charge is -2.13. The van der Waals surface area contributed by atoms with Gasteiger partial charge in [0.05, 0.1) is 0 Å². The molecule has 0 bridgehead atoms. The molecule has 1 rings (SSSR count). The molecule has 0 spiro atoms. The lowest BCUT2D eigenvalue weighted by Crippen LogP contribution is -2.18. The molecule has 0 atom stereocenters. The smallest absolute Gasteiger partial charge is 0.262 e. The quantitative estimate of drug-likeness (QED) is 0.533. The molecule has 0 aliphatic carbocycles. The molecule has 0 fully saturated rings. The van der Waals surface area contributed by atoms with Gasteiger partial charge in [-0.15, -0.1) is 10.5 Å². The van der Waals surface area contributed by atoms with Crippen LogP contribution in [-0.4, -0.2) is 0 Å². The zero-order valence-electron chi connectivity index (χ0n) is 7.47. The van der Waals surface area contributed by atoms with Crippen LogP contribution in [0.3, 0.4) is 0 Å². The van der Waals surface area contributed by atoms with Crippen molar-refractivity contribution in [1.29, 1.82) is 10.5 Å². The van der Waals surface area contributed by atoms with Crippen LogP contribution in [0.5, 0.6) is 0 Å². The second-order valence-corrected chi connectivity index (χ2v) is 2.46. The number of benzene rings is 1. The summed E-state index contributed by atoms with van der Waals surface area (Å²) in [5.41, 5.74) is 1.53. The molecular formula is C9H7N3O2. The van der Waals surface area contributed by atoms with Gasteiger partial charge < -0.3 is 0 Å². The molecular weight excluding hydrogens is 182 g/mol. The Balaban J connectivity index is 2.84. The predicted octanol–water partition coefficient (Wildman–Crippen LogP) is 1.63. The van der Waals surface area contributed by atoms with Crippen LogP contribution in [-0.2, 0) is 9.68 Å². The number of rotatable bonds is 3. The summed E-state index contributed by atoms with van der Waals surface area (Å²) in [6, 6.07) is 6.96. The molecule has 0 aromatic heterocycles. The Kier molecular flexibility index (Phi) is 3.17. The van der Waals surface area contributed by atoms with E-state index in [1.807, 2.05) is 19.1 Å². The Morgan fingerprint density at radius 1 is 1.07 bits per heavy atom. The Labute approximate surface area is 81.2 Å². The van der Waals surface area contributed by atoms with E-state index < -0.39 is 0 Å². The summed E-state index contributed by atoms with van der Waals surface area (Å²) in [5, 5.41) is 17.3. The minimum Gasteiger partial charge on any atom is -0.262 e. The highest BCUT2D eigenvalue weighted by molar-refractivity contribution is 5.43. The first kappa shape index (κ1) is 9.69. The molecule has 0 unspecified atom stereocenters. The number of aryl methyl sites for hydroxylation is 1. The average molecular weight is 189 g/mol. The van der Waals surface area contributed by atoms with E-state index in [0.717, 1.165) is 10.8 Å². The van der Waals surface area contributed by atoms with Crippen molar-refractivity contribution >= 4 is 5.69 Å². The molecule has 5 nitrogen and oxygen atoms in total. The van der Waals surface area contributed by atoms with E-state index in [9.17, 15) is 0 Å². The van der Waals surface area contributed by atoms with Crippen molar-refractivity contribution in [3.8, 4) is 12.5 Å². The first-order chi connectivity index (χ1) is 6.77.